The zero-order chi connectivity index (χ0) is 16.3. The summed E-state index contributed by atoms with van der Waals surface area (Å²) in [4.78, 5) is 4.56. The third-order valence-corrected chi connectivity index (χ3v) is 3.17. The van der Waals surface area contributed by atoms with Crippen molar-refractivity contribution >= 4 is 29.9 Å². The van der Waals surface area contributed by atoms with Gasteiger partial charge in [0.05, 0.1) is 26.4 Å². The Morgan fingerprint density at radius 2 is 2.00 bits per heavy atom. The van der Waals surface area contributed by atoms with Crippen molar-refractivity contribution in [2.75, 3.05) is 46.8 Å². The summed E-state index contributed by atoms with van der Waals surface area (Å²) in [6.45, 7) is 6.20. The molecule has 1 heterocycles. The van der Waals surface area contributed by atoms with Gasteiger partial charge in [0, 0.05) is 20.2 Å². The van der Waals surface area contributed by atoms with Crippen LogP contribution in [0.3, 0.4) is 0 Å². The molecule has 1 aliphatic rings. The van der Waals surface area contributed by atoms with Crippen LogP contribution in [0.4, 0.5) is 0 Å². The molecule has 2 rings (SSSR count). The first kappa shape index (κ1) is 20.8. The van der Waals surface area contributed by atoms with Crippen molar-refractivity contribution < 1.29 is 18.9 Å². The Morgan fingerprint density at radius 1 is 1.17 bits per heavy atom. The summed E-state index contributed by atoms with van der Waals surface area (Å²) in [5.74, 6) is 2.33. The summed E-state index contributed by atoms with van der Waals surface area (Å²) in [7, 11) is 1.66. The standard InChI is InChI=1S/C16H25N3O4.HI/c1-3-17-16(18-6-7-21-9-8-20-2)19-11-13-4-5-14-15(10-13)23-12-22-14;/h4-5,10H,3,6-9,11-12H2,1-2H3,(H2,17,18,19);1H. The fraction of sp³-hybridized carbons (Fsp3) is 0.562. The number of methoxy groups -OCH3 is 1. The average molecular weight is 451 g/mol. The predicted octanol–water partition coefficient (Wildman–Crippen LogP) is 1.75. The third kappa shape index (κ3) is 7.10. The summed E-state index contributed by atoms with van der Waals surface area (Å²) in [5.41, 5.74) is 1.07. The quantitative estimate of drug-likeness (QED) is 0.258. The number of ether oxygens (including phenoxy) is 4. The molecule has 0 spiro atoms. The summed E-state index contributed by atoms with van der Waals surface area (Å²) >= 11 is 0. The van der Waals surface area contributed by atoms with E-state index < -0.39 is 0 Å². The van der Waals surface area contributed by atoms with Crippen molar-refractivity contribution in [2.45, 2.75) is 13.5 Å². The van der Waals surface area contributed by atoms with Crippen LogP contribution in [-0.2, 0) is 16.0 Å². The van der Waals surface area contributed by atoms with Crippen LogP contribution in [0, 0.1) is 0 Å². The van der Waals surface area contributed by atoms with Gasteiger partial charge < -0.3 is 29.6 Å². The minimum absolute atomic E-state index is 0. The van der Waals surface area contributed by atoms with Crippen LogP contribution >= 0.6 is 24.0 Å². The number of nitrogens with one attached hydrogen (secondary N) is 2. The van der Waals surface area contributed by atoms with Crippen molar-refractivity contribution in [3.05, 3.63) is 23.8 Å². The molecule has 0 amide bonds. The normalized spacial score (nSPS) is 12.7. The predicted molar refractivity (Wildman–Crippen MR) is 103 cm³/mol. The topological polar surface area (TPSA) is 73.3 Å². The zero-order valence-corrected chi connectivity index (χ0v) is 16.5. The van der Waals surface area contributed by atoms with E-state index in [9.17, 15) is 0 Å². The first-order chi connectivity index (χ1) is 11.3. The Balaban J connectivity index is 0.00000288. The van der Waals surface area contributed by atoms with Gasteiger partial charge in [-0.25, -0.2) is 4.99 Å². The second kappa shape index (κ2) is 12.2. The van der Waals surface area contributed by atoms with Crippen LogP contribution in [0.1, 0.15) is 12.5 Å². The van der Waals surface area contributed by atoms with E-state index in [4.69, 9.17) is 18.9 Å². The SMILES string of the molecule is CCNC(=NCc1ccc2c(c1)OCO2)NCCOCCOC.I. The number of benzene rings is 1. The first-order valence-electron chi connectivity index (χ1n) is 7.81. The summed E-state index contributed by atoms with van der Waals surface area (Å²) < 4.78 is 21.0. The van der Waals surface area contributed by atoms with Crippen molar-refractivity contribution in [1.29, 1.82) is 0 Å². The molecule has 1 aromatic rings. The molecule has 136 valence electrons. The minimum Gasteiger partial charge on any atom is -0.454 e. The second-order valence-electron chi connectivity index (χ2n) is 4.91. The minimum atomic E-state index is 0. The average Bonchev–Trinajstić information content (AvgIpc) is 3.03. The molecule has 0 unspecified atom stereocenters. The number of fused-ring (bicyclic) bond motifs is 1. The Labute approximate surface area is 160 Å². The molecule has 0 aliphatic carbocycles. The van der Waals surface area contributed by atoms with Crippen LogP contribution in [-0.4, -0.2) is 52.8 Å². The molecule has 0 radical (unpaired) electrons. The number of hydrogen-bond acceptors (Lipinski definition) is 5. The molecular weight excluding hydrogens is 425 g/mol. The molecule has 0 bridgehead atoms. The van der Waals surface area contributed by atoms with Gasteiger partial charge in [0.1, 0.15) is 0 Å². The molecule has 7 nitrogen and oxygen atoms in total. The molecule has 0 saturated carbocycles. The van der Waals surface area contributed by atoms with Crippen LogP contribution < -0.4 is 20.1 Å². The van der Waals surface area contributed by atoms with Gasteiger partial charge in [-0.1, -0.05) is 6.07 Å². The van der Waals surface area contributed by atoms with Crippen molar-refractivity contribution in [3.8, 4) is 11.5 Å². The Kier molecular flexibility index (Phi) is 10.5. The molecule has 0 atom stereocenters. The number of rotatable bonds is 9. The lowest BCUT2D eigenvalue weighted by molar-refractivity contribution is 0.0733. The van der Waals surface area contributed by atoms with Gasteiger partial charge in [-0.15, -0.1) is 24.0 Å². The largest absolute Gasteiger partial charge is 0.454 e. The maximum atomic E-state index is 5.42. The second-order valence-corrected chi connectivity index (χ2v) is 4.91. The number of nitrogens with zero attached hydrogens (tertiary/aromatic N) is 1. The van der Waals surface area contributed by atoms with Gasteiger partial charge in [-0.2, -0.15) is 0 Å². The van der Waals surface area contributed by atoms with Crippen molar-refractivity contribution in [2.24, 2.45) is 4.99 Å². The molecule has 8 heteroatoms. The fourth-order valence-electron chi connectivity index (χ4n) is 2.04. The zero-order valence-electron chi connectivity index (χ0n) is 14.2. The third-order valence-electron chi connectivity index (χ3n) is 3.17. The fourth-order valence-corrected chi connectivity index (χ4v) is 2.04. The first-order valence-corrected chi connectivity index (χ1v) is 7.81. The Morgan fingerprint density at radius 3 is 2.79 bits per heavy atom. The maximum absolute atomic E-state index is 5.42. The smallest absolute Gasteiger partial charge is 0.231 e. The number of halogens is 1. The highest BCUT2D eigenvalue weighted by atomic mass is 127. The highest BCUT2D eigenvalue weighted by molar-refractivity contribution is 14.0. The van der Waals surface area contributed by atoms with Gasteiger partial charge in [0.2, 0.25) is 6.79 Å². The van der Waals surface area contributed by atoms with Crippen LogP contribution in [0.25, 0.3) is 0 Å². The van der Waals surface area contributed by atoms with E-state index in [-0.39, 0.29) is 30.8 Å². The van der Waals surface area contributed by atoms with Crippen molar-refractivity contribution in [3.63, 3.8) is 0 Å². The molecule has 0 aromatic heterocycles. The maximum Gasteiger partial charge on any atom is 0.231 e. The molecular formula is C16H26IN3O4. The van der Waals surface area contributed by atoms with E-state index in [1.807, 2.05) is 25.1 Å². The van der Waals surface area contributed by atoms with Gasteiger partial charge in [-0.05, 0) is 24.6 Å². The molecule has 1 aromatic carbocycles. The highest BCUT2D eigenvalue weighted by Crippen LogP contribution is 2.32. The van der Waals surface area contributed by atoms with Crippen molar-refractivity contribution in [1.82, 2.24) is 10.6 Å². The van der Waals surface area contributed by atoms with Crippen LogP contribution in [0.2, 0.25) is 0 Å². The van der Waals surface area contributed by atoms with Gasteiger partial charge in [-0.3, -0.25) is 0 Å². The van der Waals surface area contributed by atoms with E-state index in [1.165, 1.54) is 0 Å². The van der Waals surface area contributed by atoms with E-state index in [0.717, 1.165) is 29.6 Å². The molecule has 0 saturated heterocycles. The van der Waals surface area contributed by atoms with Crippen LogP contribution in [0.5, 0.6) is 11.5 Å². The summed E-state index contributed by atoms with van der Waals surface area (Å²) in [6.07, 6.45) is 0. The number of hydrogen-bond donors (Lipinski definition) is 2. The number of aliphatic imine (C=N–C) groups is 1. The summed E-state index contributed by atoms with van der Waals surface area (Å²) in [6, 6.07) is 5.87. The Hall–Kier alpha value is -1.26. The molecule has 24 heavy (non-hydrogen) atoms. The van der Waals surface area contributed by atoms with E-state index in [0.29, 0.717) is 32.9 Å². The lowest BCUT2D eigenvalue weighted by atomic mass is 10.2. The number of guanidine groups is 1. The molecule has 2 N–H and O–H groups in total. The van der Waals surface area contributed by atoms with Gasteiger partial charge in [0.25, 0.3) is 0 Å². The van der Waals surface area contributed by atoms with E-state index >= 15 is 0 Å². The monoisotopic (exact) mass is 451 g/mol. The van der Waals surface area contributed by atoms with E-state index in [2.05, 4.69) is 15.6 Å². The van der Waals surface area contributed by atoms with E-state index in [1.54, 1.807) is 7.11 Å². The lowest BCUT2D eigenvalue weighted by Gasteiger charge is -2.11. The lowest BCUT2D eigenvalue weighted by Crippen LogP contribution is -2.39. The molecule has 0 fully saturated rings. The van der Waals surface area contributed by atoms with Gasteiger partial charge in [0.15, 0.2) is 17.5 Å². The summed E-state index contributed by atoms with van der Waals surface area (Å²) in [5, 5.41) is 6.45. The highest BCUT2D eigenvalue weighted by Gasteiger charge is 2.12. The molecule has 1 aliphatic heterocycles. The Bertz CT molecular complexity index is 514. The van der Waals surface area contributed by atoms with Gasteiger partial charge >= 0.3 is 0 Å². The van der Waals surface area contributed by atoms with Crippen LogP contribution in [0.15, 0.2) is 23.2 Å².